The van der Waals surface area contributed by atoms with Gasteiger partial charge in [-0.05, 0) is 29.3 Å². The van der Waals surface area contributed by atoms with Crippen LogP contribution in [0.25, 0.3) is 16.8 Å². The zero-order valence-corrected chi connectivity index (χ0v) is 14.2. The number of nitrogens with zero attached hydrogens (tertiary/aromatic N) is 2. The van der Waals surface area contributed by atoms with Gasteiger partial charge in [-0.3, -0.25) is 4.79 Å². The summed E-state index contributed by atoms with van der Waals surface area (Å²) >= 11 is 0. The number of primary amides is 2. The molecule has 1 aromatic heterocycles. The summed E-state index contributed by atoms with van der Waals surface area (Å²) in [5.41, 5.74) is 9.91. The largest absolute Gasteiger partial charge is 0.417 e. The molecule has 144 valence electrons. The van der Waals surface area contributed by atoms with Crippen LogP contribution in [0.1, 0.15) is 16.1 Å². The minimum atomic E-state index is -4.52. The lowest BCUT2D eigenvalue weighted by atomic mass is 9.99. The van der Waals surface area contributed by atoms with Crippen LogP contribution in [0.2, 0.25) is 0 Å². The number of hydrogen-bond donors (Lipinski definition) is 3. The number of nitrogens with one attached hydrogen (secondary N) is 1. The van der Waals surface area contributed by atoms with Crippen molar-refractivity contribution in [2.45, 2.75) is 6.18 Å². The van der Waals surface area contributed by atoms with E-state index in [-0.39, 0.29) is 16.9 Å². The van der Waals surface area contributed by atoms with Gasteiger partial charge in [0.15, 0.2) is 5.69 Å². The highest BCUT2D eigenvalue weighted by Gasteiger charge is 2.33. The third-order valence-electron chi connectivity index (χ3n) is 3.86. The molecule has 5 N–H and O–H groups in total. The Kier molecular flexibility index (Phi) is 4.78. The fourth-order valence-corrected chi connectivity index (χ4v) is 2.71. The number of benzene rings is 2. The van der Waals surface area contributed by atoms with Crippen LogP contribution in [-0.2, 0) is 6.18 Å². The summed E-state index contributed by atoms with van der Waals surface area (Å²) in [6, 6.07) is 10.4. The minimum Gasteiger partial charge on any atom is -0.364 e. The molecule has 0 aliphatic heterocycles. The molecule has 0 atom stereocenters. The summed E-state index contributed by atoms with van der Waals surface area (Å²) in [4.78, 5) is 22.6. The third kappa shape index (κ3) is 3.80. The lowest BCUT2D eigenvalue weighted by Crippen LogP contribution is -2.22. The second-order valence-electron chi connectivity index (χ2n) is 5.78. The van der Waals surface area contributed by atoms with Crippen molar-refractivity contribution in [3.8, 4) is 16.8 Å². The average molecular weight is 389 g/mol. The fourth-order valence-electron chi connectivity index (χ4n) is 2.71. The van der Waals surface area contributed by atoms with Gasteiger partial charge in [0.2, 0.25) is 0 Å². The fraction of sp³-hybridized carbons (Fsp3) is 0.0556. The highest BCUT2D eigenvalue weighted by Crippen LogP contribution is 2.37. The lowest BCUT2D eigenvalue weighted by molar-refractivity contribution is -0.137. The van der Waals surface area contributed by atoms with Gasteiger partial charge in [0, 0.05) is 0 Å². The van der Waals surface area contributed by atoms with Crippen molar-refractivity contribution >= 4 is 17.6 Å². The molecule has 0 saturated heterocycles. The van der Waals surface area contributed by atoms with E-state index in [1.807, 2.05) is 0 Å². The number of anilines is 1. The molecule has 0 unspecified atom stereocenters. The normalized spacial score (nSPS) is 11.2. The Morgan fingerprint density at radius 1 is 1.04 bits per heavy atom. The molecular formula is C18H14F3N5O2. The third-order valence-corrected chi connectivity index (χ3v) is 3.86. The first-order chi connectivity index (χ1) is 13.2. The smallest absolute Gasteiger partial charge is 0.364 e. The maximum absolute atomic E-state index is 13.3. The van der Waals surface area contributed by atoms with E-state index in [4.69, 9.17) is 11.5 Å². The molecule has 0 aliphatic carbocycles. The van der Waals surface area contributed by atoms with Crippen molar-refractivity contribution in [2.75, 3.05) is 5.32 Å². The predicted molar refractivity (Wildman–Crippen MR) is 95.7 cm³/mol. The summed E-state index contributed by atoms with van der Waals surface area (Å²) in [6.07, 6.45) is -3.23. The van der Waals surface area contributed by atoms with Crippen LogP contribution in [0.5, 0.6) is 0 Å². The number of aromatic nitrogens is 2. The molecule has 0 aliphatic rings. The van der Waals surface area contributed by atoms with Crippen LogP contribution < -0.4 is 16.8 Å². The molecule has 28 heavy (non-hydrogen) atoms. The molecule has 3 amide bonds. The van der Waals surface area contributed by atoms with Crippen LogP contribution >= 0.6 is 0 Å². The molecule has 0 bridgehead atoms. The van der Waals surface area contributed by atoms with Gasteiger partial charge in [-0.15, -0.1) is 0 Å². The molecule has 1 heterocycles. The van der Waals surface area contributed by atoms with E-state index in [1.165, 1.54) is 41.2 Å². The van der Waals surface area contributed by atoms with Crippen molar-refractivity contribution in [1.29, 1.82) is 0 Å². The van der Waals surface area contributed by atoms with E-state index in [0.717, 1.165) is 6.07 Å². The second-order valence-corrected chi connectivity index (χ2v) is 5.78. The van der Waals surface area contributed by atoms with E-state index >= 15 is 0 Å². The summed E-state index contributed by atoms with van der Waals surface area (Å²) in [5.74, 6) is -0.902. The number of rotatable bonds is 4. The van der Waals surface area contributed by atoms with Crippen LogP contribution in [0, 0.1) is 0 Å². The van der Waals surface area contributed by atoms with Gasteiger partial charge >= 0.3 is 12.2 Å². The van der Waals surface area contributed by atoms with Gasteiger partial charge in [0.05, 0.1) is 23.1 Å². The Labute approximate surface area is 156 Å². The van der Waals surface area contributed by atoms with Gasteiger partial charge in [-0.1, -0.05) is 30.3 Å². The highest BCUT2D eigenvalue weighted by atomic mass is 19.4. The van der Waals surface area contributed by atoms with Crippen molar-refractivity contribution in [3.63, 3.8) is 0 Å². The van der Waals surface area contributed by atoms with Gasteiger partial charge in [-0.2, -0.15) is 18.3 Å². The Bertz CT molecular complexity index is 1060. The molecule has 0 fully saturated rings. The number of carbonyl (C=O) groups excluding carboxylic acids is 2. The summed E-state index contributed by atoms with van der Waals surface area (Å²) < 4.78 is 41.1. The Hall–Kier alpha value is -3.82. The predicted octanol–water partition coefficient (Wildman–Crippen LogP) is 3.15. The number of carbonyl (C=O) groups is 2. The molecule has 10 heteroatoms. The molecule has 0 saturated carbocycles. The average Bonchev–Trinajstić information content (AvgIpc) is 3.04. The standard InChI is InChI=1S/C18H14F3N5O2/c19-18(20,21)13-7-2-1-6-12(13)10-4-3-5-11(8-10)26-9-14(24-17(23)28)15(25-26)16(22)27/h1-9H,(H2,22,27)(H3,23,24,28). The van der Waals surface area contributed by atoms with E-state index in [1.54, 1.807) is 12.1 Å². The maximum Gasteiger partial charge on any atom is 0.417 e. The topological polar surface area (TPSA) is 116 Å². The first-order valence-corrected chi connectivity index (χ1v) is 7.90. The first-order valence-electron chi connectivity index (χ1n) is 7.90. The van der Waals surface area contributed by atoms with Crippen molar-refractivity contribution in [2.24, 2.45) is 11.5 Å². The number of amides is 3. The van der Waals surface area contributed by atoms with E-state index in [0.29, 0.717) is 11.3 Å². The van der Waals surface area contributed by atoms with Crippen LogP contribution in [-0.4, -0.2) is 21.7 Å². The molecule has 2 aromatic carbocycles. The monoisotopic (exact) mass is 389 g/mol. The van der Waals surface area contributed by atoms with E-state index in [9.17, 15) is 22.8 Å². The lowest BCUT2D eigenvalue weighted by Gasteiger charge is -2.13. The van der Waals surface area contributed by atoms with E-state index < -0.39 is 23.7 Å². The van der Waals surface area contributed by atoms with E-state index in [2.05, 4.69) is 10.4 Å². The van der Waals surface area contributed by atoms with Gasteiger partial charge in [-0.25, -0.2) is 9.48 Å². The van der Waals surface area contributed by atoms with Gasteiger partial charge < -0.3 is 16.8 Å². The summed E-state index contributed by atoms with van der Waals surface area (Å²) in [5, 5.41) is 6.21. The quantitative estimate of drug-likeness (QED) is 0.636. The van der Waals surface area contributed by atoms with Crippen molar-refractivity contribution in [1.82, 2.24) is 9.78 Å². The second kappa shape index (κ2) is 7.06. The Morgan fingerprint density at radius 3 is 2.39 bits per heavy atom. The number of alkyl halides is 3. The minimum absolute atomic E-state index is 0.00499. The Morgan fingerprint density at radius 2 is 1.75 bits per heavy atom. The van der Waals surface area contributed by atoms with Crippen LogP contribution in [0.15, 0.2) is 54.7 Å². The number of nitrogens with two attached hydrogens (primary N) is 2. The van der Waals surface area contributed by atoms with Gasteiger partial charge in [0.1, 0.15) is 0 Å². The van der Waals surface area contributed by atoms with Crippen LogP contribution in [0.4, 0.5) is 23.7 Å². The number of hydrogen-bond acceptors (Lipinski definition) is 3. The maximum atomic E-state index is 13.3. The summed E-state index contributed by atoms with van der Waals surface area (Å²) in [7, 11) is 0. The van der Waals surface area contributed by atoms with Crippen molar-refractivity contribution in [3.05, 3.63) is 66.0 Å². The van der Waals surface area contributed by atoms with Crippen LogP contribution in [0.3, 0.4) is 0 Å². The highest BCUT2D eigenvalue weighted by molar-refractivity contribution is 6.00. The molecule has 0 radical (unpaired) electrons. The first kappa shape index (κ1) is 19.0. The zero-order chi connectivity index (χ0) is 20.5. The molecule has 7 nitrogen and oxygen atoms in total. The number of halogens is 3. The SMILES string of the molecule is NC(=O)Nc1cn(-c2cccc(-c3ccccc3C(F)(F)F)c2)nc1C(N)=O. The molecule has 3 rings (SSSR count). The molecule has 0 spiro atoms. The zero-order valence-electron chi connectivity index (χ0n) is 14.2. The number of urea groups is 1. The molecular weight excluding hydrogens is 375 g/mol. The van der Waals surface area contributed by atoms with Crippen molar-refractivity contribution < 1.29 is 22.8 Å². The molecule has 3 aromatic rings. The van der Waals surface area contributed by atoms with Gasteiger partial charge in [0.25, 0.3) is 5.91 Å². The Balaban J connectivity index is 2.09. The summed E-state index contributed by atoms with van der Waals surface area (Å²) in [6.45, 7) is 0.